The second kappa shape index (κ2) is 8.26. The van der Waals surface area contributed by atoms with Crippen LogP contribution in [0.5, 0.6) is 0 Å². The fourth-order valence-corrected chi connectivity index (χ4v) is 3.48. The van der Waals surface area contributed by atoms with Gasteiger partial charge in [-0.25, -0.2) is 0 Å². The molecule has 0 aliphatic carbocycles. The van der Waals surface area contributed by atoms with E-state index in [2.05, 4.69) is 42.3 Å². The van der Waals surface area contributed by atoms with Gasteiger partial charge in [0.05, 0.1) is 12.1 Å². The van der Waals surface area contributed by atoms with Crippen molar-refractivity contribution in [2.45, 2.75) is 51.7 Å². The minimum Gasteiger partial charge on any atom is -0.378 e. The maximum absolute atomic E-state index is 12.5. The molecule has 1 N–H and O–H groups in total. The lowest BCUT2D eigenvalue weighted by Gasteiger charge is -2.21. The normalized spacial score (nSPS) is 18.1. The van der Waals surface area contributed by atoms with Crippen molar-refractivity contribution >= 4 is 5.91 Å². The minimum atomic E-state index is -0.177. The maximum atomic E-state index is 12.5. The predicted octanol–water partition coefficient (Wildman–Crippen LogP) is 3.86. The van der Waals surface area contributed by atoms with Gasteiger partial charge >= 0.3 is 0 Å². The zero-order chi connectivity index (χ0) is 17.6. The molecule has 132 valence electrons. The highest BCUT2D eigenvalue weighted by molar-refractivity contribution is 5.77. The molecule has 2 atom stereocenters. The van der Waals surface area contributed by atoms with Crippen LogP contribution in [0.2, 0.25) is 0 Å². The number of amides is 1. The van der Waals surface area contributed by atoms with Crippen LogP contribution in [-0.2, 0) is 9.53 Å². The molecule has 0 spiro atoms. The molecule has 2 unspecified atom stereocenters. The van der Waals surface area contributed by atoms with Crippen molar-refractivity contribution in [3.05, 3.63) is 65.0 Å². The molecule has 3 rings (SSSR count). The quantitative estimate of drug-likeness (QED) is 0.870. The van der Waals surface area contributed by atoms with E-state index < -0.39 is 0 Å². The molecular formula is C21H26N2O2. The minimum absolute atomic E-state index is 0.0588. The second-order valence-electron chi connectivity index (χ2n) is 6.88. The van der Waals surface area contributed by atoms with E-state index in [1.54, 1.807) is 6.20 Å². The zero-order valence-corrected chi connectivity index (χ0v) is 15.0. The Balaban J connectivity index is 1.75. The van der Waals surface area contributed by atoms with Gasteiger partial charge < -0.3 is 10.1 Å². The number of aryl methyl sites for hydroxylation is 2. The van der Waals surface area contributed by atoms with Crippen LogP contribution in [0, 0.1) is 13.8 Å². The number of carbonyl (C=O) groups excluding carboxylic acids is 1. The van der Waals surface area contributed by atoms with Gasteiger partial charge in [-0.2, -0.15) is 0 Å². The average Bonchev–Trinajstić information content (AvgIpc) is 3.11. The molecule has 1 amide bonds. The number of nitrogens with zero attached hydrogens (tertiary/aromatic N) is 1. The molecule has 4 nitrogen and oxygen atoms in total. The number of pyridine rings is 1. The average molecular weight is 338 g/mol. The Morgan fingerprint density at radius 2 is 2.08 bits per heavy atom. The van der Waals surface area contributed by atoms with Gasteiger partial charge in [0.2, 0.25) is 5.91 Å². The third kappa shape index (κ3) is 4.89. The van der Waals surface area contributed by atoms with Gasteiger partial charge in [0.1, 0.15) is 0 Å². The molecule has 0 saturated carbocycles. The van der Waals surface area contributed by atoms with E-state index in [0.29, 0.717) is 6.42 Å². The first kappa shape index (κ1) is 17.6. The van der Waals surface area contributed by atoms with Crippen molar-refractivity contribution in [2.24, 2.45) is 0 Å². The van der Waals surface area contributed by atoms with Crippen LogP contribution in [0.3, 0.4) is 0 Å². The number of hydrogen-bond donors (Lipinski definition) is 1. The Morgan fingerprint density at radius 3 is 2.72 bits per heavy atom. The summed E-state index contributed by atoms with van der Waals surface area (Å²) in [6.45, 7) is 4.99. The van der Waals surface area contributed by atoms with E-state index in [4.69, 9.17) is 4.74 Å². The molecule has 1 aromatic carbocycles. The van der Waals surface area contributed by atoms with Gasteiger partial charge in [-0.3, -0.25) is 9.78 Å². The number of nitrogens with one attached hydrogen (secondary N) is 1. The van der Waals surface area contributed by atoms with Crippen molar-refractivity contribution in [2.75, 3.05) is 6.61 Å². The molecule has 0 radical (unpaired) electrons. The zero-order valence-electron chi connectivity index (χ0n) is 15.0. The molecule has 1 saturated heterocycles. The van der Waals surface area contributed by atoms with Gasteiger partial charge in [0.25, 0.3) is 0 Å². The smallest absolute Gasteiger partial charge is 0.220 e. The lowest BCUT2D eigenvalue weighted by Crippen LogP contribution is -2.30. The standard InChI is InChI=1S/C21H26N2O2/c1-15-11-16(2)13-18(12-15)21(17-5-3-9-22-14-17)23-20(24)8-7-19-6-4-10-25-19/h3,5,9,11-14,19,21H,4,6-8,10H2,1-2H3,(H,23,24). The largest absolute Gasteiger partial charge is 0.378 e. The Bertz CT molecular complexity index is 689. The van der Waals surface area contributed by atoms with Crippen LogP contribution in [0.1, 0.15) is 54.0 Å². The molecule has 1 fully saturated rings. The van der Waals surface area contributed by atoms with Gasteiger partial charge in [0, 0.05) is 25.4 Å². The molecule has 2 heterocycles. The highest BCUT2D eigenvalue weighted by Gasteiger charge is 2.20. The van der Waals surface area contributed by atoms with Crippen molar-refractivity contribution in [3.8, 4) is 0 Å². The third-order valence-electron chi connectivity index (χ3n) is 4.62. The van der Waals surface area contributed by atoms with E-state index in [1.807, 2.05) is 18.3 Å². The SMILES string of the molecule is Cc1cc(C)cc(C(NC(=O)CCC2CCCO2)c2cccnc2)c1. The molecule has 25 heavy (non-hydrogen) atoms. The number of benzene rings is 1. The number of aromatic nitrogens is 1. The molecule has 1 aromatic heterocycles. The lowest BCUT2D eigenvalue weighted by molar-refractivity contribution is -0.122. The fourth-order valence-electron chi connectivity index (χ4n) is 3.48. The molecular weight excluding hydrogens is 312 g/mol. The van der Waals surface area contributed by atoms with Gasteiger partial charge in [-0.05, 0) is 50.3 Å². The van der Waals surface area contributed by atoms with Crippen molar-refractivity contribution in [3.63, 3.8) is 0 Å². The van der Waals surface area contributed by atoms with Crippen molar-refractivity contribution in [1.82, 2.24) is 10.3 Å². The summed E-state index contributed by atoms with van der Waals surface area (Å²) in [5, 5.41) is 3.19. The van der Waals surface area contributed by atoms with Crippen molar-refractivity contribution < 1.29 is 9.53 Å². The lowest BCUT2D eigenvalue weighted by atomic mass is 9.96. The van der Waals surface area contributed by atoms with Crippen molar-refractivity contribution in [1.29, 1.82) is 0 Å². The molecule has 1 aliphatic rings. The monoisotopic (exact) mass is 338 g/mol. The number of rotatable bonds is 6. The van der Waals surface area contributed by atoms with E-state index in [1.165, 1.54) is 11.1 Å². The summed E-state index contributed by atoms with van der Waals surface area (Å²) in [5.41, 5.74) is 4.48. The van der Waals surface area contributed by atoms with Crippen LogP contribution in [-0.4, -0.2) is 23.6 Å². The van der Waals surface area contributed by atoms with Crippen LogP contribution < -0.4 is 5.32 Å². The summed E-state index contributed by atoms with van der Waals surface area (Å²) >= 11 is 0. The topological polar surface area (TPSA) is 51.2 Å². The summed E-state index contributed by atoms with van der Waals surface area (Å²) in [6, 6.07) is 10.1. The summed E-state index contributed by atoms with van der Waals surface area (Å²) < 4.78 is 5.62. The number of hydrogen-bond acceptors (Lipinski definition) is 3. The molecule has 1 aliphatic heterocycles. The fraction of sp³-hybridized carbons (Fsp3) is 0.429. The second-order valence-corrected chi connectivity index (χ2v) is 6.88. The summed E-state index contributed by atoms with van der Waals surface area (Å²) in [7, 11) is 0. The molecule has 0 bridgehead atoms. The Morgan fingerprint density at radius 1 is 1.28 bits per heavy atom. The van der Waals surface area contributed by atoms with Gasteiger partial charge in [0.15, 0.2) is 0 Å². The highest BCUT2D eigenvalue weighted by Crippen LogP contribution is 2.24. The molecule has 4 heteroatoms. The van der Waals surface area contributed by atoms with E-state index in [0.717, 1.165) is 37.0 Å². The summed E-state index contributed by atoms with van der Waals surface area (Å²) in [5.74, 6) is 0.0588. The first-order valence-electron chi connectivity index (χ1n) is 9.01. The number of ether oxygens (including phenoxy) is 1. The predicted molar refractivity (Wildman–Crippen MR) is 98.3 cm³/mol. The van der Waals surface area contributed by atoms with Gasteiger partial charge in [-0.1, -0.05) is 35.4 Å². The van der Waals surface area contributed by atoms with E-state index in [-0.39, 0.29) is 18.1 Å². The van der Waals surface area contributed by atoms with E-state index in [9.17, 15) is 4.79 Å². The van der Waals surface area contributed by atoms with Crippen LogP contribution in [0.4, 0.5) is 0 Å². The highest BCUT2D eigenvalue weighted by atomic mass is 16.5. The van der Waals surface area contributed by atoms with Crippen LogP contribution in [0.15, 0.2) is 42.7 Å². The maximum Gasteiger partial charge on any atom is 0.220 e. The Hall–Kier alpha value is -2.20. The van der Waals surface area contributed by atoms with Crippen LogP contribution in [0.25, 0.3) is 0 Å². The summed E-state index contributed by atoms with van der Waals surface area (Å²) in [6.07, 6.45) is 7.27. The molecule has 2 aromatic rings. The van der Waals surface area contributed by atoms with E-state index >= 15 is 0 Å². The Kier molecular flexibility index (Phi) is 5.82. The first-order valence-corrected chi connectivity index (χ1v) is 9.01. The first-order chi connectivity index (χ1) is 12.1. The Labute approximate surface area is 149 Å². The van der Waals surface area contributed by atoms with Gasteiger partial charge in [-0.15, -0.1) is 0 Å². The van der Waals surface area contributed by atoms with Crippen LogP contribution >= 0.6 is 0 Å². The third-order valence-corrected chi connectivity index (χ3v) is 4.62. The number of carbonyl (C=O) groups is 1. The summed E-state index contributed by atoms with van der Waals surface area (Å²) in [4.78, 5) is 16.8.